The molecule has 64 heavy (non-hydrogen) atoms. The van der Waals surface area contributed by atoms with Crippen molar-refractivity contribution in [1.29, 1.82) is 0 Å². The molecule has 0 spiro atoms. The van der Waals surface area contributed by atoms with Crippen LogP contribution in [0.25, 0.3) is 0 Å². The topological polar surface area (TPSA) is 299 Å². The number of nitrogens with zero attached hydrogens (tertiary/aromatic N) is 3. The number of carbonyl (C=O) groups excluding carboxylic acids is 5. The number of hydrogen-bond donors (Lipinski definition) is 9. The summed E-state index contributed by atoms with van der Waals surface area (Å²) in [7, 11) is 3.91. The van der Waals surface area contributed by atoms with Crippen molar-refractivity contribution < 1.29 is 62.1 Å². The van der Waals surface area contributed by atoms with Gasteiger partial charge in [-0.2, -0.15) is 13.2 Å². The number of guanidine groups is 1. The monoisotopic (exact) mass is 916 g/mol. The van der Waals surface area contributed by atoms with Crippen LogP contribution in [0.1, 0.15) is 92.1 Å². The van der Waals surface area contributed by atoms with Crippen LogP contribution in [-0.4, -0.2) is 143 Å². The van der Waals surface area contributed by atoms with Crippen LogP contribution >= 0.6 is 0 Å². The zero-order valence-corrected chi connectivity index (χ0v) is 38.0. The van der Waals surface area contributed by atoms with Gasteiger partial charge in [-0.05, 0) is 94.6 Å². The summed E-state index contributed by atoms with van der Waals surface area (Å²) in [6, 6.07) is 0.575. The van der Waals surface area contributed by atoms with E-state index in [-0.39, 0.29) is 61.8 Å². The smallest absolute Gasteiger partial charge is 0.490 e. The maximum atomic E-state index is 14.2. The van der Waals surface area contributed by atoms with Crippen molar-refractivity contribution in [1.82, 2.24) is 31.1 Å². The molecule has 0 aromatic heterocycles. The number of alkyl halides is 3. The van der Waals surface area contributed by atoms with E-state index >= 15 is 0 Å². The number of likely N-dealkylation sites (tertiary alicyclic amines) is 1. The van der Waals surface area contributed by atoms with Gasteiger partial charge in [0, 0.05) is 25.4 Å². The lowest BCUT2D eigenvalue weighted by molar-refractivity contribution is -0.192. The molecular weight excluding hydrogens is 848 g/mol. The number of hydrogen-bond acceptors (Lipinski definition) is 10. The summed E-state index contributed by atoms with van der Waals surface area (Å²) in [5.41, 5.74) is 10.7. The lowest BCUT2D eigenvalue weighted by atomic mass is 9.85. The highest BCUT2D eigenvalue weighted by atomic mass is 19.4. The first-order valence-corrected chi connectivity index (χ1v) is 21.1. The van der Waals surface area contributed by atoms with Crippen molar-refractivity contribution in [3.05, 3.63) is 29.8 Å². The van der Waals surface area contributed by atoms with Gasteiger partial charge in [0.05, 0.1) is 0 Å². The summed E-state index contributed by atoms with van der Waals surface area (Å²) in [5, 5.41) is 37.8. The third-order valence-electron chi connectivity index (χ3n) is 10.1. The molecule has 1 fully saturated rings. The number of nitrogens with two attached hydrogens (primary N) is 2. The van der Waals surface area contributed by atoms with E-state index in [1.165, 1.54) is 17.0 Å². The van der Waals surface area contributed by atoms with Gasteiger partial charge in [-0.15, -0.1) is 0 Å². The lowest BCUT2D eigenvalue weighted by Crippen LogP contribution is -2.61. The Morgan fingerprint density at radius 2 is 1.42 bits per heavy atom. The van der Waals surface area contributed by atoms with Gasteiger partial charge in [0.1, 0.15) is 36.0 Å². The number of aliphatic imine (C=N–C) groups is 1. The highest BCUT2D eigenvalue weighted by molar-refractivity contribution is 5.96. The van der Waals surface area contributed by atoms with Gasteiger partial charge in [-0.1, -0.05) is 53.7 Å². The largest absolute Gasteiger partial charge is 0.508 e. The number of nitrogens with one attached hydrogen (secondary N) is 4. The molecule has 0 saturated carbocycles. The number of amides is 5. The first-order chi connectivity index (χ1) is 29.5. The molecule has 362 valence electrons. The van der Waals surface area contributed by atoms with E-state index in [2.05, 4.69) is 26.3 Å². The minimum atomic E-state index is -5.08. The Hall–Kier alpha value is -5.67. The fourth-order valence-corrected chi connectivity index (χ4v) is 6.63. The molecule has 1 heterocycles. The van der Waals surface area contributed by atoms with E-state index in [1.807, 2.05) is 32.8 Å². The standard InChI is InChI=1S/C40H67N9O8.C2HF3O2/c1-24(2)22-30(38(56)57)46-36(54)32(40(4,5)6)47-34(52)29(23-26-15-17-27(50)18-16-26)45-35(53)31-14-11-21-49(31)37(55)28(13-9-19-43-39(41)42)44-33(51)25(3)12-10-20-48(7)8;3-2(4,5)1(6)7/h15-18,24-25,28-32,50H,9-14,19-23H2,1-8H3,(H,44,51)(H,45,53)(H,46,54)(H,47,52)(H,56,57)(H4,41,42,43);(H,6,7)/t25-,28-,29-,30-,31-,32+;/m0./s1. The molecule has 1 aromatic carbocycles. The van der Waals surface area contributed by atoms with Crippen LogP contribution in [0, 0.1) is 17.3 Å². The molecule has 1 aliphatic rings. The average Bonchev–Trinajstić information content (AvgIpc) is 3.67. The van der Waals surface area contributed by atoms with Crippen molar-refractivity contribution in [2.45, 2.75) is 129 Å². The molecule has 2 rings (SSSR count). The number of aliphatic carboxylic acids is 2. The van der Waals surface area contributed by atoms with Crippen molar-refractivity contribution in [3.63, 3.8) is 0 Å². The number of phenols is 1. The van der Waals surface area contributed by atoms with Crippen LogP contribution in [0.15, 0.2) is 29.3 Å². The van der Waals surface area contributed by atoms with Gasteiger partial charge in [0.25, 0.3) is 0 Å². The molecule has 0 bridgehead atoms. The van der Waals surface area contributed by atoms with Gasteiger partial charge < -0.3 is 57.9 Å². The Morgan fingerprint density at radius 1 is 0.844 bits per heavy atom. The first kappa shape index (κ1) is 56.3. The van der Waals surface area contributed by atoms with Crippen molar-refractivity contribution in [2.75, 3.05) is 33.7 Å². The molecule has 22 heteroatoms. The van der Waals surface area contributed by atoms with E-state index < -0.39 is 77.4 Å². The minimum Gasteiger partial charge on any atom is -0.508 e. The summed E-state index contributed by atoms with van der Waals surface area (Å²) >= 11 is 0. The zero-order valence-electron chi connectivity index (χ0n) is 38.0. The quantitative estimate of drug-likeness (QED) is 0.0456. The fourth-order valence-electron chi connectivity index (χ4n) is 6.63. The molecule has 0 radical (unpaired) electrons. The summed E-state index contributed by atoms with van der Waals surface area (Å²) in [6.07, 6.45) is -2.11. The molecule has 6 atom stereocenters. The number of carbonyl (C=O) groups is 7. The normalized spacial score (nSPS) is 16.3. The highest BCUT2D eigenvalue weighted by Crippen LogP contribution is 2.23. The van der Waals surface area contributed by atoms with Crippen LogP contribution in [0.5, 0.6) is 5.75 Å². The Kier molecular flexibility index (Phi) is 23.1. The second kappa shape index (κ2) is 26.2. The van der Waals surface area contributed by atoms with Crippen LogP contribution in [-0.2, 0) is 40.0 Å². The fraction of sp³-hybridized carbons (Fsp3) is 0.667. The Labute approximate surface area is 372 Å². The van der Waals surface area contributed by atoms with Crippen LogP contribution < -0.4 is 32.7 Å². The van der Waals surface area contributed by atoms with Crippen LogP contribution in [0.4, 0.5) is 13.2 Å². The van der Waals surface area contributed by atoms with Gasteiger partial charge in [0.2, 0.25) is 29.5 Å². The summed E-state index contributed by atoms with van der Waals surface area (Å²) in [6.45, 7) is 11.9. The Morgan fingerprint density at radius 3 is 1.92 bits per heavy atom. The van der Waals surface area contributed by atoms with E-state index in [9.17, 15) is 52.2 Å². The number of phenolic OH excluding ortho intramolecular Hbond substituents is 1. The molecular formula is C42H68F3N9O10. The molecule has 0 aliphatic carbocycles. The number of carboxylic acid groups (broad SMARTS) is 2. The SMILES string of the molecule is CC(C)C[C@H](NC(=O)[C@@H](NC(=O)[C@H](Cc1ccc(O)cc1)NC(=O)[C@@H]1CCCN1C(=O)[C@H](CCCN=C(N)N)NC(=O)[C@@H](C)CCCN(C)C)C(C)(C)C)C(=O)O.O=C(O)C(F)(F)F. The number of rotatable bonds is 22. The Bertz CT molecular complexity index is 1750. The predicted octanol–water partition coefficient (Wildman–Crippen LogP) is 1.71. The van der Waals surface area contributed by atoms with Gasteiger partial charge >= 0.3 is 18.1 Å². The number of aromatic hydroxyl groups is 1. The van der Waals surface area contributed by atoms with Crippen molar-refractivity contribution in [3.8, 4) is 5.75 Å². The third kappa shape index (κ3) is 20.7. The molecule has 19 nitrogen and oxygen atoms in total. The van der Waals surface area contributed by atoms with Crippen molar-refractivity contribution >= 4 is 47.4 Å². The number of benzene rings is 1. The zero-order chi connectivity index (χ0) is 49.1. The van der Waals surface area contributed by atoms with E-state index in [1.54, 1.807) is 39.8 Å². The molecule has 1 aromatic rings. The summed E-state index contributed by atoms with van der Waals surface area (Å²) in [4.78, 5) is 97.6. The second-order valence-corrected chi connectivity index (χ2v) is 17.6. The number of halogens is 3. The molecule has 11 N–H and O–H groups in total. The van der Waals surface area contributed by atoms with Gasteiger partial charge in [-0.25, -0.2) is 9.59 Å². The van der Waals surface area contributed by atoms with E-state index in [4.69, 9.17) is 21.4 Å². The summed E-state index contributed by atoms with van der Waals surface area (Å²) < 4.78 is 31.7. The van der Waals surface area contributed by atoms with Crippen LogP contribution in [0.2, 0.25) is 0 Å². The maximum Gasteiger partial charge on any atom is 0.490 e. The third-order valence-corrected chi connectivity index (χ3v) is 10.1. The van der Waals surface area contributed by atoms with E-state index in [0.29, 0.717) is 31.2 Å². The second-order valence-electron chi connectivity index (χ2n) is 17.6. The highest BCUT2D eigenvalue weighted by Gasteiger charge is 2.41. The van der Waals surface area contributed by atoms with Crippen LogP contribution in [0.3, 0.4) is 0 Å². The molecule has 1 aliphatic heterocycles. The number of carboxylic acids is 2. The first-order valence-electron chi connectivity index (χ1n) is 21.1. The lowest BCUT2D eigenvalue weighted by Gasteiger charge is -2.33. The molecule has 1 saturated heterocycles. The molecule has 0 unspecified atom stereocenters. The van der Waals surface area contributed by atoms with Crippen molar-refractivity contribution in [2.24, 2.45) is 33.7 Å². The predicted molar refractivity (Wildman–Crippen MR) is 231 cm³/mol. The average molecular weight is 916 g/mol. The van der Waals surface area contributed by atoms with E-state index in [0.717, 1.165) is 13.0 Å². The Balaban J connectivity index is 0.00000269. The molecule has 5 amide bonds. The minimum absolute atomic E-state index is 0.00523. The van der Waals surface area contributed by atoms with Gasteiger partial charge in [-0.3, -0.25) is 29.0 Å². The maximum absolute atomic E-state index is 14.2. The summed E-state index contributed by atoms with van der Waals surface area (Å²) in [5.74, 6) is -7.14. The van der Waals surface area contributed by atoms with Gasteiger partial charge in [0.15, 0.2) is 5.96 Å².